The van der Waals surface area contributed by atoms with E-state index in [-0.39, 0.29) is 5.91 Å². The van der Waals surface area contributed by atoms with E-state index in [0.29, 0.717) is 17.5 Å². The predicted molar refractivity (Wildman–Crippen MR) is 75.2 cm³/mol. The number of hydrogen-bond acceptors (Lipinski definition) is 2. The van der Waals surface area contributed by atoms with Gasteiger partial charge in [0, 0.05) is 12.5 Å². The molecule has 1 aromatic rings. The molecular formula is C14H19ClN2O. The first-order valence-corrected chi connectivity index (χ1v) is 6.74. The molecule has 0 saturated carbocycles. The van der Waals surface area contributed by atoms with Crippen LogP contribution in [0.2, 0.25) is 5.02 Å². The highest BCUT2D eigenvalue weighted by molar-refractivity contribution is 6.34. The number of aryl methyl sites for hydroxylation is 2. The van der Waals surface area contributed by atoms with Crippen LogP contribution in [-0.2, 0) is 4.79 Å². The number of rotatable bonds is 3. The SMILES string of the molecule is Cc1cc(C)c(NC(=O)CC2CCCN2)c(Cl)c1. The molecule has 4 heteroatoms. The maximum Gasteiger partial charge on any atom is 0.225 e. The Balaban J connectivity index is 2.02. The Morgan fingerprint density at radius 3 is 2.89 bits per heavy atom. The third-order valence-electron chi connectivity index (χ3n) is 3.29. The smallest absolute Gasteiger partial charge is 0.225 e. The Morgan fingerprint density at radius 1 is 1.50 bits per heavy atom. The minimum atomic E-state index is 0.0308. The number of nitrogens with one attached hydrogen (secondary N) is 2. The fraction of sp³-hybridized carbons (Fsp3) is 0.500. The minimum Gasteiger partial charge on any atom is -0.325 e. The molecule has 1 fully saturated rings. The standard InChI is InChI=1S/C14H19ClN2O/c1-9-6-10(2)14(12(15)7-9)17-13(18)8-11-4-3-5-16-11/h6-7,11,16H,3-5,8H2,1-2H3,(H,17,18). The molecule has 1 aliphatic rings. The Hall–Kier alpha value is -1.06. The van der Waals surface area contributed by atoms with E-state index < -0.39 is 0 Å². The van der Waals surface area contributed by atoms with Gasteiger partial charge in [-0.1, -0.05) is 17.7 Å². The van der Waals surface area contributed by atoms with Crippen molar-refractivity contribution in [1.29, 1.82) is 0 Å². The highest BCUT2D eigenvalue weighted by Crippen LogP contribution is 2.27. The fourth-order valence-electron chi connectivity index (χ4n) is 2.42. The van der Waals surface area contributed by atoms with E-state index in [2.05, 4.69) is 10.6 Å². The summed E-state index contributed by atoms with van der Waals surface area (Å²) < 4.78 is 0. The molecule has 0 bridgehead atoms. The summed E-state index contributed by atoms with van der Waals surface area (Å²) in [5.41, 5.74) is 2.85. The molecular weight excluding hydrogens is 248 g/mol. The van der Waals surface area contributed by atoms with Crippen LogP contribution in [0.1, 0.15) is 30.4 Å². The quantitative estimate of drug-likeness (QED) is 0.883. The summed E-state index contributed by atoms with van der Waals surface area (Å²) in [7, 11) is 0. The molecule has 0 radical (unpaired) electrons. The van der Waals surface area contributed by atoms with Crippen molar-refractivity contribution in [1.82, 2.24) is 5.32 Å². The zero-order valence-electron chi connectivity index (χ0n) is 10.8. The van der Waals surface area contributed by atoms with E-state index in [4.69, 9.17) is 11.6 Å². The van der Waals surface area contributed by atoms with Crippen molar-refractivity contribution in [3.8, 4) is 0 Å². The predicted octanol–water partition coefficient (Wildman–Crippen LogP) is 3.04. The van der Waals surface area contributed by atoms with Crippen LogP contribution in [0.5, 0.6) is 0 Å². The van der Waals surface area contributed by atoms with Crippen molar-refractivity contribution in [3.05, 3.63) is 28.3 Å². The Bertz CT molecular complexity index is 430. The van der Waals surface area contributed by atoms with Gasteiger partial charge >= 0.3 is 0 Å². The molecule has 0 aliphatic carbocycles. The van der Waals surface area contributed by atoms with Gasteiger partial charge in [0.25, 0.3) is 0 Å². The molecule has 18 heavy (non-hydrogen) atoms. The first-order valence-electron chi connectivity index (χ1n) is 6.36. The zero-order valence-corrected chi connectivity index (χ0v) is 11.6. The summed E-state index contributed by atoms with van der Waals surface area (Å²) in [5, 5.41) is 6.85. The van der Waals surface area contributed by atoms with Crippen LogP contribution in [0.3, 0.4) is 0 Å². The van der Waals surface area contributed by atoms with Gasteiger partial charge in [-0.2, -0.15) is 0 Å². The second-order valence-corrected chi connectivity index (χ2v) is 5.39. The molecule has 1 atom stereocenters. The lowest BCUT2D eigenvalue weighted by atomic mass is 10.1. The van der Waals surface area contributed by atoms with Crippen molar-refractivity contribution < 1.29 is 4.79 Å². The van der Waals surface area contributed by atoms with Crippen molar-refractivity contribution in [2.75, 3.05) is 11.9 Å². The average molecular weight is 267 g/mol. The molecule has 3 nitrogen and oxygen atoms in total. The molecule has 98 valence electrons. The largest absolute Gasteiger partial charge is 0.325 e. The number of amides is 1. The first kappa shape index (κ1) is 13.4. The Kier molecular flexibility index (Phi) is 4.25. The van der Waals surface area contributed by atoms with Gasteiger partial charge in [0.05, 0.1) is 10.7 Å². The van der Waals surface area contributed by atoms with Crippen LogP contribution in [-0.4, -0.2) is 18.5 Å². The van der Waals surface area contributed by atoms with Crippen LogP contribution in [0.15, 0.2) is 12.1 Å². The lowest BCUT2D eigenvalue weighted by Crippen LogP contribution is -2.27. The maximum atomic E-state index is 11.9. The van der Waals surface area contributed by atoms with E-state index in [9.17, 15) is 4.79 Å². The van der Waals surface area contributed by atoms with Gasteiger partial charge in [-0.25, -0.2) is 0 Å². The second-order valence-electron chi connectivity index (χ2n) is 4.98. The number of carbonyl (C=O) groups is 1. The molecule has 2 N–H and O–H groups in total. The Morgan fingerprint density at radius 2 is 2.28 bits per heavy atom. The van der Waals surface area contributed by atoms with Gasteiger partial charge in [-0.3, -0.25) is 4.79 Å². The molecule has 1 aromatic carbocycles. The summed E-state index contributed by atoms with van der Waals surface area (Å²) in [6, 6.07) is 4.21. The van der Waals surface area contributed by atoms with Gasteiger partial charge in [0.1, 0.15) is 0 Å². The molecule has 0 spiro atoms. The van der Waals surface area contributed by atoms with E-state index in [1.54, 1.807) is 0 Å². The summed E-state index contributed by atoms with van der Waals surface area (Å²) >= 11 is 6.17. The normalized spacial score (nSPS) is 18.9. The number of halogens is 1. The minimum absolute atomic E-state index is 0.0308. The van der Waals surface area contributed by atoms with Crippen LogP contribution in [0.25, 0.3) is 0 Å². The fourth-order valence-corrected chi connectivity index (χ4v) is 2.79. The summed E-state index contributed by atoms with van der Waals surface area (Å²) in [4.78, 5) is 11.9. The van der Waals surface area contributed by atoms with Gasteiger partial charge in [-0.05, 0) is 50.4 Å². The van der Waals surface area contributed by atoms with Gasteiger partial charge in [0.2, 0.25) is 5.91 Å². The average Bonchev–Trinajstić information content (AvgIpc) is 2.76. The lowest BCUT2D eigenvalue weighted by Gasteiger charge is -2.14. The van der Waals surface area contributed by atoms with Crippen molar-refractivity contribution in [2.45, 2.75) is 39.2 Å². The molecule has 0 aromatic heterocycles. The van der Waals surface area contributed by atoms with Crippen molar-refractivity contribution in [3.63, 3.8) is 0 Å². The van der Waals surface area contributed by atoms with Gasteiger partial charge in [0.15, 0.2) is 0 Å². The molecule has 2 rings (SSSR count). The Labute approximate surface area is 113 Å². The van der Waals surface area contributed by atoms with Crippen LogP contribution in [0, 0.1) is 13.8 Å². The third-order valence-corrected chi connectivity index (χ3v) is 3.59. The number of benzene rings is 1. The summed E-state index contributed by atoms with van der Waals surface area (Å²) in [6.45, 7) is 4.97. The van der Waals surface area contributed by atoms with E-state index in [1.165, 1.54) is 0 Å². The number of carbonyl (C=O) groups excluding carboxylic acids is 1. The van der Waals surface area contributed by atoms with Crippen LogP contribution in [0.4, 0.5) is 5.69 Å². The molecule has 1 heterocycles. The van der Waals surface area contributed by atoms with E-state index >= 15 is 0 Å². The second kappa shape index (κ2) is 5.72. The van der Waals surface area contributed by atoms with Crippen LogP contribution >= 0.6 is 11.6 Å². The maximum absolute atomic E-state index is 11.9. The monoisotopic (exact) mass is 266 g/mol. The highest BCUT2D eigenvalue weighted by Gasteiger charge is 2.18. The lowest BCUT2D eigenvalue weighted by molar-refractivity contribution is -0.116. The summed E-state index contributed by atoms with van der Waals surface area (Å²) in [6.07, 6.45) is 2.75. The molecule has 1 aliphatic heterocycles. The van der Waals surface area contributed by atoms with E-state index in [1.807, 2.05) is 26.0 Å². The molecule has 1 unspecified atom stereocenters. The third kappa shape index (κ3) is 3.24. The van der Waals surface area contributed by atoms with Crippen molar-refractivity contribution in [2.24, 2.45) is 0 Å². The van der Waals surface area contributed by atoms with E-state index in [0.717, 1.165) is 36.2 Å². The number of anilines is 1. The molecule has 1 amide bonds. The van der Waals surface area contributed by atoms with Gasteiger partial charge in [-0.15, -0.1) is 0 Å². The first-order chi connectivity index (χ1) is 8.56. The van der Waals surface area contributed by atoms with Gasteiger partial charge < -0.3 is 10.6 Å². The topological polar surface area (TPSA) is 41.1 Å². The van der Waals surface area contributed by atoms with Crippen molar-refractivity contribution >= 4 is 23.2 Å². The summed E-state index contributed by atoms with van der Waals surface area (Å²) in [5.74, 6) is 0.0308. The zero-order chi connectivity index (χ0) is 13.1. The molecule has 1 saturated heterocycles. The highest BCUT2D eigenvalue weighted by atomic mass is 35.5. The van der Waals surface area contributed by atoms with Crippen LogP contribution < -0.4 is 10.6 Å². The number of hydrogen-bond donors (Lipinski definition) is 2.